The van der Waals surface area contributed by atoms with Crippen molar-refractivity contribution in [3.05, 3.63) is 30.7 Å². The van der Waals surface area contributed by atoms with Crippen molar-refractivity contribution in [2.75, 3.05) is 18.4 Å². The van der Waals surface area contributed by atoms with E-state index >= 15 is 0 Å². The van der Waals surface area contributed by atoms with Crippen molar-refractivity contribution in [3.8, 4) is 0 Å². The highest BCUT2D eigenvalue weighted by Gasteiger charge is 2.41. The lowest BCUT2D eigenvalue weighted by molar-refractivity contribution is -0.127. The van der Waals surface area contributed by atoms with E-state index in [9.17, 15) is 4.79 Å². The number of nitrogens with one attached hydrogen (secondary N) is 2. The number of hydrogen-bond donors (Lipinski definition) is 2. The number of likely N-dealkylation sites (tertiary alicyclic amines) is 1. The second kappa shape index (κ2) is 5.61. The van der Waals surface area contributed by atoms with Crippen LogP contribution in [-0.2, 0) is 10.2 Å². The summed E-state index contributed by atoms with van der Waals surface area (Å²) in [6.07, 6.45) is 9.50. The highest BCUT2D eigenvalue weighted by atomic mass is 16.2. The van der Waals surface area contributed by atoms with Gasteiger partial charge in [-0.2, -0.15) is 0 Å². The average Bonchev–Trinajstić information content (AvgIpc) is 3.19. The third-order valence-electron chi connectivity index (χ3n) is 5.37. The molecule has 2 aromatic rings. The summed E-state index contributed by atoms with van der Waals surface area (Å²) in [5, 5.41) is 4.66. The van der Waals surface area contributed by atoms with E-state index in [1.165, 1.54) is 24.5 Å². The number of amides is 1. The summed E-state index contributed by atoms with van der Waals surface area (Å²) in [5.74, 6) is 0.879. The number of rotatable bonds is 4. The first-order chi connectivity index (χ1) is 11.6. The lowest BCUT2D eigenvalue weighted by Crippen LogP contribution is -2.44. The molecule has 0 radical (unpaired) electrons. The number of aromatic nitrogens is 3. The van der Waals surface area contributed by atoms with Crippen LogP contribution in [0.5, 0.6) is 0 Å². The molecule has 2 fully saturated rings. The molecule has 24 heavy (non-hydrogen) atoms. The van der Waals surface area contributed by atoms with Gasteiger partial charge in [0.05, 0.1) is 5.39 Å². The Kier molecular flexibility index (Phi) is 3.55. The molecule has 3 heterocycles. The SMILES string of the molecule is C=CC(=O)N1CCC[C@@H](Nc2ncnc3[nH]cc(C4(C)CC4)c23)C1. The summed E-state index contributed by atoms with van der Waals surface area (Å²) in [7, 11) is 0. The normalized spacial score (nSPS) is 22.4. The van der Waals surface area contributed by atoms with Gasteiger partial charge in [0.2, 0.25) is 5.91 Å². The molecule has 2 aromatic heterocycles. The van der Waals surface area contributed by atoms with Gasteiger partial charge in [-0.3, -0.25) is 4.79 Å². The fourth-order valence-corrected chi connectivity index (χ4v) is 3.62. The summed E-state index contributed by atoms with van der Waals surface area (Å²) in [6, 6.07) is 0.204. The van der Waals surface area contributed by atoms with E-state index < -0.39 is 0 Å². The molecule has 6 nitrogen and oxygen atoms in total. The first-order valence-electron chi connectivity index (χ1n) is 8.61. The van der Waals surface area contributed by atoms with E-state index in [0.717, 1.165) is 36.2 Å². The van der Waals surface area contributed by atoms with Crippen molar-refractivity contribution in [2.45, 2.75) is 44.1 Å². The predicted octanol–water partition coefficient (Wildman–Crippen LogP) is 2.60. The van der Waals surface area contributed by atoms with Crippen molar-refractivity contribution >= 4 is 22.8 Å². The molecular weight excluding hydrogens is 302 g/mol. The average molecular weight is 325 g/mol. The zero-order valence-electron chi connectivity index (χ0n) is 14.0. The van der Waals surface area contributed by atoms with Crippen molar-refractivity contribution in [1.82, 2.24) is 19.9 Å². The maximum Gasteiger partial charge on any atom is 0.246 e. The van der Waals surface area contributed by atoms with Gasteiger partial charge in [-0.25, -0.2) is 9.97 Å². The minimum atomic E-state index is 0.00200. The van der Waals surface area contributed by atoms with Crippen molar-refractivity contribution < 1.29 is 4.79 Å². The number of carbonyl (C=O) groups excluding carboxylic acids is 1. The third-order valence-corrected chi connectivity index (χ3v) is 5.37. The molecule has 1 aliphatic carbocycles. The first-order valence-corrected chi connectivity index (χ1v) is 8.61. The minimum Gasteiger partial charge on any atom is -0.365 e. The lowest BCUT2D eigenvalue weighted by Gasteiger charge is -2.33. The molecule has 1 aliphatic heterocycles. The Bertz CT molecular complexity index is 792. The number of aromatic amines is 1. The van der Waals surface area contributed by atoms with E-state index in [-0.39, 0.29) is 17.4 Å². The molecule has 1 saturated carbocycles. The van der Waals surface area contributed by atoms with Gasteiger partial charge in [0.1, 0.15) is 17.8 Å². The van der Waals surface area contributed by atoms with Gasteiger partial charge in [-0.05, 0) is 42.7 Å². The van der Waals surface area contributed by atoms with Crippen LogP contribution in [0.2, 0.25) is 0 Å². The van der Waals surface area contributed by atoms with Crippen LogP contribution in [-0.4, -0.2) is 44.9 Å². The Morgan fingerprint density at radius 2 is 2.33 bits per heavy atom. The number of nitrogens with zero attached hydrogens (tertiary/aromatic N) is 3. The summed E-state index contributed by atoms with van der Waals surface area (Å²) in [6.45, 7) is 7.37. The minimum absolute atomic E-state index is 0.00200. The van der Waals surface area contributed by atoms with E-state index in [1.54, 1.807) is 6.33 Å². The second-order valence-electron chi connectivity index (χ2n) is 7.18. The zero-order chi connectivity index (χ0) is 16.7. The van der Waals surface area contributed by atoms with Gasteiger partial charge < -0.3 is 15.2 Å². The number of H-pyrrole nitrogens is 1. The van der Waals surface area contributed by atoms with Crippen LogP contribution >= 0.6 is 0 Å². The van der Waals surface area contributed by atoms with Crippen LogP contribution in [0.3, 0.4) is 0 Å². The molecule has 2 aliphatic rings. The van der Waals surface area contributed by atoms with Crippen molar-refractivity contribution in [1.29, 1.82) is 0 Å². The molecule has 1 atom stereocenters. The van der Waals surface area contributed by atoms with Crippen LogP contribution in [0.15, 0.2) is 25.2 Å². The number of anilines is 1. The van der Waals surface area contributed by atoms with E-state index in [2.05, 4.69) is 40.0 Å². The van der Waals surface area contributed by atoms with E-state index in [1.807, 2.05) is 4.90 Å². The summed E-state index contributed by atoms with van der Waals surface area (Å²) >= 11 is 0. The topological polar surface area (TPSA) is 73.9 Å². The number of carbonyl (C=O) groups is 1. The maximum atomic E-state index is 11.9. The number of hydrogen-bond acceptors (Lipinski definition) is 4. The molecule has 126 valence electrons. The lowest BCUT2D eigenvalue weighted by atomic mass is 9.98. The fourth-order valence-electron chi connectivity index (χ4n) is 3.62. The summed E-state index contributed by atoms with van der Waals surface area (Å²) < 4.78 is 0. The quantitative estimate of drug-likeness (QED) is 0.848. The van der Waals surface area contributed by atoms with Gasteiger partial charge in [0, 0.05) is 25.3 Å². The summed E-state index contributed by atoms with van der Waals surface area (Å²) in [4.78, 5) is 25.9. The van der Waals surface area contributed by atoms with Gasteiger partial charge in [0.15, 0.2) is 0 Å². The highest BCUT2D eigenvalue weighted by Crippen LogP contribution is 2.50. The molecular formula is C18H23N5O. The predicted molar refractivity (Wildman–Crippen MR) is 93.9 cm³/mol. The molecule has 0 spiro atoms. The Morgan fingerprint density at radius 3 is 3.08 bits per heavy atom. The van der Waals surface area contributed by atoms with Crippen molar-refractivity contribution in [2.24, 2.45) is 0 Å². The van der Waals surface area contributed by atoms with E-state index in [4.69, 9.17) is 0 Å². The fraction of sp³-hybridized carbons (Fsp3) is 0.500. The van der Waals surface area contributed by atoms with Crippen LogP contribution in [0.1, 0.15) is 38.2 Å². The Labute approximate surface area is 141 Å². The Morgan fingerprint density at radius 1 is 1.50 bits per heavy atom. The van der Waals surface area contributed by atoms with Gasteiger partial charge in [0.25, 0.3) is 0 Å². The third kappa shape index (κ3) is 2.56. The molecule has 0 unspecified atom stereocenters. The molecule has 6 heteroatoms. The number of fused-ring (bicyclic) bond motifs is 1. The zero-order valence-corrected chi connectivity index (χ0v) is 14.0. The van der Waals surface area contributed by atoms with Gasteiger partial charge in [-0.15, -0.1) is 0 Å². The largest absolute Gasteiger partial charge is 0.365 e. The number of piperidine rings is 1. The summed E-state index contributed by atoms with van der Waals surface area (Å²) in [5.41, 5.74) is 2.43. The molecule has 0 aromatic carbocycles. The van der Waals surface area contributed by atoms with Crippen molar-refractivity contribution in [3.63, 3.8) is 0 Å². The van der Waals surface area contributed by atoms with Crippen LogP contribution in [0.25, 0.3) is 11.0 Å². The van der Waals surface area contributed by atoms with Gasteiger partial charge in [-0.1, -0.05) is 13.5 Å². The smallest absolute Gasteiger partial charge is 0.246 e. The maximum absolute atomic E-state index is 11.9. The van der Waals surface area contributed by atoms with Crippen LogP contribution in [0, 0.1) is 0 Å². The Hall–Kier alpha value is -2.37. The molecule has 4 rings (SSSR count). The Balaban J connectivity index is 1.61. The molecule has 1 saturated heterocycles. The van der Waals surface area contributed by atoms with Gasteiger partial charge >= 0.3 is 0 Å². The molecule has 2 N–H and O–H groups in total. The van der Waals surface area contributed by atoms with Crippen LogP contribution < -0.4 is 5.32 Å². The molecule has 1 amide bonds. The second-order valence-corrected chi connectivity index (χ2v) is 7.18. The standard InChI is InChI=1S/C18H23N5O/c1-3-14(24)23-8-4-5-12(10-23)22-17-15-13(18(2)6-7-18)9-19-16(15)20-11-21-17/h3,9,11-12H,1,4-8,10H2,2H3,(H2,19,20,21,22)/t12-/m1/s1. The monoisotopic (exact) mass is 325 g/mol. The highest BCUT2D eigenvalue weighted by molar-refractivity contribution is 5.92. The molecule has 0 bridgehead atoms. The van der Waals surface area contributed by atoms with E-state index in [0.29, 0.717) is 6.54 Å². The van der Waals surface area contributed by atoms with Crippen LogP contribution in [0.4, 0.5) is 5.82 Å². The first kappa shape index (κ1) is 15.2.